The van der Waals surface area contributed by atoms with Gasteiger partial charge in [-0.1, -0.05) is 34.6 Å². The molecular formula is C18H36N2. The average Bonchev–Trinajstić information content (AvgIpc) is 2.50. The molecule has 2 fully saturated rings. The Hall–Kier alpha value is -0.0800. The van der Waals surface area contributed by atoms with E-state index in [-0.39, 0.29) is 0 Å². The van der Waals surface area contributed by atoms with Crippen LogP contribution in [0, 0.1) is 17.3 Å². The average molecular weight is 280 g/mol. The van der Waals surface area contributed by atoms with Gasteiger partial charge in [0.1, 0.15) is 0 Å². The zero-order chi connectivity index (χ0) is 14.8. The summed E-state index contributed by atoms with van der Waals surface area (Å²) in [6, 6.07) is 1.47. The van der Waals surface area contributed by atoms with Gasteiger partial charge in [0, 0.05) is 12.1 Å². The Morgan fingerprint density at radius 2 is 1.85 bits per heavy atom. The predicted octanol–water partition coefficient (Wildman–Crippen LogP) is 3.91. The monoisotopic (exact) mass is 280 g/mol. The number of hydrogen-bond acceptors (Lipinski definition) is 2. The number of nitrogens with one attached hydrogen (secondary N) is 1. The molecule has 0 aromatic heterocycles. The maximum Gasteiger partial charge on any atom is 0.0275 e. The van der Waals surface area contributed by atoms with E-state index in [1.165, 1.54) is 45.2 Å². The summed E-state index contributed by atoms with van der Waals surface area (Å²) in [5.41, 5.74) is 0.549. The fraction of sp³-hybridized carbons (Fsp3) is 1.00. The summed E-state index contributed by atoms with van der Waals surface area (Å²) < 4.78 is 0. The molecule has 1 aliphatic carbocycles. The second kappa shape index (κ2) is 6.79. The van der Waals surface area contributed by atoms with Crippen LogP contribution in [-0.4, -0.2) is 36.6 Å². The highest BCUT2D eigenvalue weighted by Crippen LogP contribution is 2.36. The van der Waals surface area contributed by atoms with Crippen LogP contribution < -0.4 is 5.32 Å². The Morgan fingerprint density at radius 3 is 2.55 bits per heavy atom. The van der Waals surface area contributed by atoms with E-state index in [4.69, 9.17) is 0 Å². The number of likely N-dealkylation sites (tertiary alicyclic amines) is 1. The lowest BCUT2D eigenvalue weighted by atomic mass is 9.75. The lowest BCUT2D eigenvalue weighted by Gasteiger charge is -2.46. The topological polar surface area (TPSA) is 15.3 Å². The van der Waals surface area contributed by atoms with Crippen molar-refractivity contribution in [1.82, 2.24) is 10.2 Å². The van der Waals surface area contributed by atoms with Gasteiger partial charge in [-0.2, -0.15) is 0 Å². The van der Waals surface area contributed by atoms with Gasteiger partial charge in [-0.25, -0.2) is 0 Å². The van der Waals surface area contributed by atoms with Crippen LogP contribution in [0.4, 0.5) is 0 Å². The third kappa shape index (κ3) is 3.98. The Balaban J connectivity index is 2.06. The molecule has 1 heterocycles. The van der Waals surface area contributed by atoms with Crippen LogP contribution in [0.2, 0.25) is 0 Å². The van der Waals surface area contributed by atoms with Gasteiger partial charge in [0.2, 0.25) is 0 Å². The number of nitrogens with zero attached hydrogens (tertiary/aromatic N) is 1. The number of rotatable bonds is 3. The molecule has 0 bridgehead atoms. The number of hydrogen-bond donors (Lipinski definition) is 1. The first-order chi connectivity index (χ1) is 9.43. The minimum absolute atomic E-state index is 0.549. The zero-order valence-corrected chi connectivity index (χ0v) is 14.4. The molecule has 2 rings (SSSR count). The highest BCUT2D eigenvalue weighted by atomic mass is 15.2. The smallest absolute Gasteiger partial charge is 0.0275 e. The molecule has 0 spiro atoms. The first-order valence-corrected chi connectivity index (χ1v) is 8.90. The Morgan fingerprint density at radius 1 is 1.10 bits per heavy atom. The summed E-state index contributed by atoms with van der Waals surface area (Å²) in [5, 5.41) is 3.79. The molecule has 0 amide bonds. The van der Waals surface area contributed by atoms with Crippen molar-refractivity contribution in [2.24, 2.45) is 17.3 Å². The molecule has 0 aromatic rings. The van der Waals surface area contributed by atoms with Crippen molar-refractivity contribution in [3.8, 4) is 0 Å². The molecule has 1 saturated heterocycles. The molecule has 2 nitrogen and oxygen atoms in total. The second-order valence-corrected chi connectivity index (χ2v) is 8.26. The molecule has 0 radical (unpaired) electrons. The van der Waals surface area contributed by atoms with Crippen LogP contribution in [0.5, 0.6) is 0 Å². The molecule has 4 atom stereocenters. The third-order valence-electron chi connectivity index (χ3n) is 5.69. The van der Waals surface area contributed by atoms with E-state index < -0.39 is 0 Å². The van der Waals surface area contributed by atoms with Gasteiger partial charge in [0.25, 0.3) is 0 Å². The van der Waals surface area contributed by atoms with Crippen LogP contribution in [-0.2, 0) is 0 Å². The van der Waals surface area contributed by atoms with Crippen molar-refractivity contribution in [1.29, 1.82) is 0 Å². The van der Waals surface area contributed by atoms with Crippen molar-refractivity contribution in [3.63, 3.8) is 0 Å². The minimum Gasteiger partial charge on any atom is -0.313 e. The second-order valence-electron chi connectivity index (χ2n) is 8.26. The normalized spacial score (nSPS) is 39.5. The molecule has 0 aromatic carbocycles. The Kier molecular flexibility index (Phi) is 5.53. The SMILES string of the molecule is CCNC1CC(C)CC(C)C1N1CCCC(C)(C)CC1. The molecule has 1 saturated carbocycles. The fourth-order valence-corrected chi connectivity index (χ4v) is 4.66. The molecule has 4 unspecified atom stereocenters. The lowest BCUT2D eigenvalue weighted by molar-refractivity contribution is 0.0622. The highest BCUT2D eigenvalue weighted by molar-refractivity contribution is 4.95. The minimum atomic E-state index is 0.549. The fourth-order valence-electron chi connectivity index (χ4n) is 4.66. The van der Waals surface area contributed by atoms with E-state index in [0.29, 0.717) is 11.5 Å². The van der Waals surface area contributed by atoms with Crippen molar-refractivity contribution < 1.29 is 0 Å². The highest BCUT2D eigenvalue weighted by Gasteiger charge is 2.38. The summed E-state index contributed by atoms with van der Waals surface area (Å²) in [5.74, 6) is 1.72. The molecule has 1 N–H and O–H groups in total. The van der Waals surface area contributed by atoms with E-state index in [9.17, 15) is 0 Å². The van der Waals surface area contributed by atoms with Crippen LogP contribution in [0.3, 0.4) is 0 Å². The van der Waals surface area contributed by atoms with Crippen molar-refractivity contribution in [3.05, 3.63) is 0 Å². The number of likely N-dealkylation sites (N-methyl/N-ethyl adjacent to an activating group) is 1. The summed E-state index contributed by atoms with van der Waals surface area (Å²) >= 11 is 0. The molecule has 2 aliphatic rings. The molecule has 1 aliphatic heterocycles. The van der Waals surface area contributed by atoms with Crippen molar-refractivity contribution >= 4 is 0 Å². The van der Waals surface area contributed by atoms with Gasteiger partial charge in [-0.3, -0.25) is 4.90 Å². The molecule has 118 valence electrons. The van der Waals surface area contributed by atoms with Crippen LogP contribution in [0.1, 0.15) is 66.7 Å². The van der Waals surface area contributed by atoms with Gasteiger partial charge in [0.15, 0.2) is 0 Å². The largest absolute Gasteiger partial charge is 0.313 e. The van der Waals surface area contributed by atoms with E-state index in [0.717, 1.165) is 24.4 Å². The van der Waals surface area contributed by atoms with Crippen LogP contribution >= 0.6 is 0 Å². The summed E-state index contributed by atoms with van der Waals surface area (Å²) in [6.45, 7) is 15.8. The van der Waals surface area contributed by atoms with Gasteiger partial charge >= 0.3 is 0 Å². The maximum atomic E-state index is 3.79. The molecular weight excluding hydrogens is 244 g/mol. The summed E-state index contributed by atoms with van der Waals surface area (Å²) in [7, 11) is 0. The van der Waals surface area contributed by atoms with E-state index in [1.807, 2.05) is 0 Å². The predicted molar refractivity (Wildman–Crippen MR) is 88.0 cm³/mol. The Bertz CT molecular complexity index is 300. The van der Waals surface area contributed by atoms with Gasteiger partial charge in [0.05, 0.1) is 0 Å². The quantitative estimate of drug-likeness (QED) is 0.843. The van der Waals surface area contributed by atoms with Crippen molar-refractivity contribution in [2.45, 2.75) is 78.8 Å². The summed E-state index contributed by atoms with van der Waals surface area (Å²) in [6.07, 6.45) is 6.91. The third-order valence-corrected chi connectivity index (χ3v) is 5.69. The molecule has 20 heavy (non-hydrogen) atoms. The maximum absolute atomic E-state index is 3.79. The van der Waals surface area contributed by atoms with E-state index in [1.54, 1.807) is 0 Å². The zero-order valence-electron chi connectivity index (χ0n) is 14.4. The van der Waals surface area contributed by atoms with Crippen LogP contribution in [0.15, 0.2) is 0 Å². The van der Waals surface area contributed by atoms with E-state index in [2.05, 4.69) is 44.8 Å². The van der Waals surface area contributed by atoms with Crippen LogP contribution in [0.25, 0.3) is 0 Å². The first-order valence-electron chi connectivity index (χ1n) is 8.90. The summed E-state index contributed by atoms with van der Waals surface area (Å²) in [4.78, 5) is 2.83. The standard InChI is InChI=1S/C18H36N2/c1-6-19-16-13-14(2)12-15(3)17(16)20-10-7-8-18(4,5)9-11-20/h14-17,19H,6-13H2,1-5H3. The van der Waals surface area contributed by atoms with Gasteiger partial charge in [-0.05, 0) is 69.0 Å². The first kappa shape index (κ1) is 16.3. The Labute approximate surface area is 126 Å². The van der Waals surface area contributed by atoms with E-state index >= 15 is 0 Å². The van der Waals surface area contributed by atoms with Gasteiger partial charge < -0.3 is 5.32 Å². The lowest BCUT2D eigenvalue weighted by Crippen LogP contribution is -2.56. The molecule has 2 heteroatoms. The van der Waals surface area contributed by atoms with Gasteiger partial charge in [-0.15, -0.1) is 0 Å². The van der Waals surface area contributed by atoms with Crippen molar-refractivity contribution in [2.75, 3.05) is 19.6 Å².